The fourth-order valence-electron chi connectivity index (χ4n) is 7.94. The van der Waals surface area contributed by atoms with Gasteiger partial charge in [-0.15, -0.1) is 0 Å². The van der Waals surface area contributed by atoms with Crippen LogP contribution in [0.25, 0.3) is 77.3 Å². The lowest BCUT2D eigenvalue weighted by Crippen LogP contribution is -2.33. The molecule has 1 N–H and O–H groups in total. The van der Waals surface area contributed by atoms with E-state index in [9.17, 15) is 0 Å². The highest BCUT2D eigenvalue weighted by atomic mass is 16.3. The van der Waals surface area contributed by atoms with Crippen LogP contribution >= 0.6 is 0 Å². The second-order valence-electron chi connectivity index (χ2n) is 14.2. The average molecular weight is 720 g/mol. The standard InChI is InChI=1S/C51H33N3O2/c1-3-10-32(11-4-1)33-18-20-34(21-19-33)38-26-28-42-47(31-38)56-46-17-9-15-40(48(42)46)35-22-24-37(25-23-35)50-52-49(36-12-5-2-6-13-36)53-51(54-50)39-27-29-45-43(30-39)41-14-7-8-16-44(41)55-45/h1-31,49H,(H,52,53,54). The van der Waals surface area contributed by atoms with E-state index in [4.69, 9.17) is 18.8 Å². The predicted molar refractivity (Wildman–Crippen MR) is 229 cm³/mol. The zero-order valence-corrected chi connectivity index (χ0v) is 30.2. The molecule has 0 saturated heterocycles. The lowest BCUT2D eigenvalue weighted by Gasteiger charge is -2.23. The van der Waals surface area contributed by atoms with Crippen molar-refractivity contribution in [3.63, 3.8) is 0 Å². The molecule has 1 aliphatic heterocycles. The monoisotopic (exact) mass is 719 g/mol. The van der Waals surface area contributed by atoms with Crippen LogP contribution in [0.15, 0.2) is 207 Å². The molecule has 1 unspecified atom stereocenters. The van der Waals surface area contributed by atoms with E-state index in [1.165, 1.54) is 11.1 Å². The highest BCUT2D eigenvalue weighted by molar-refractivity contribution is 6.16. The molecule has 1 aliphatic rings. The van der Waals surface area contributed by atoms with Gasteiger partial charge < -0.3 is 14.2 Å². The Labute approximate surface area is 322 Å². The van der Waals surface area contributed by atoms with Gasteiger partial charge in [-0.05, 0) is 81.4 Å². The van der Waals surface area contributed by atoms with Crippen molar-refractivity contribution in [1.82, 2.24) is 5.32 Å². The zero-order valence-electron chi connectivity index (χ0n) is 30.2. The fourth-order valence-corrected chi connectivity index (χ4v) is 7.94. The van der Waals surface area contributed by atoms with Crippen molar-refractivity contribution in [3.8, 4) is 33.4 Å². The maximum atomic E-state index is 6.49. The van der Waals surface area contributed by atoms with Crippen LogP contribution in [0.3, 0.4) is 0 Å². The summed E-state index contributed by atoms with van der Waals surface area (Å²) in [6.07, 6.45) is -0.298. The van der Waals surface area contributed by atoms with E-state index in [2.05, 4.69) is 139 Å². The van der Waals surface area contributed by atoms with E-state index in [0.29, 0.717) is 5.84 Å². The Morgan fingerprint density at radius 2 is 1.00 bits per heavy atom. The Kier molecular flexibility index (Phi) is 7.49. The van der Waals surface area contributed by atoms with Gasteiger partial charge in [0.25, 0.3) is 0 Å². The summed E-state index contributed by atoms with van der Waals surface area (Å²) in [5, 5.41) is 7.94. The van der Waals surface area contributed by atoms with Crippen molar-refractivity contribution >= 4 is 55.5 Å². The van der Waals surface area contributed by atoms with Crippen molar-refractivity contribution in [3.05, 3.63) is 205 Å². The number of benzene rings is 8. The van der Waals surface area contributed by atoms with Crippen molar-refractivity contribution < 1.29 is 8.83 Å². The number of furan rings is 2. The van der Waals surface area contributed by atoms with Crippen LogP contribution < -0.4 is 5.32 Å². The SMILES string of the molecule is c1ccc(-c2ccc(-c3ccc4c(c3)oc3cccc(-c5ccc(C6=NC(c7ccc8oc9ccccc9c8c7)=NC(c7ccccc7)N6)cc5)c34)cc2)cc1. The molecule has 0 fully saturated rings. The highest BCUT2D eigenvalue weighted by Crippen LogP contribution is 2.39. The summed E-state index contributed by atoms with van der Waals surface area (Å²) < 4.78 is 12.6. The quantitative estimate of drug-likeness (QED) is 0.186. The molecular weight excluding hydrogens is 687 g/mol. The Morgan fingerprint density at radius 3 is 1.82 bits per heavy atom. The second-order valence-corrected chi connectivity index (χ2v) is 14.2. The summed E-state index contributed by atoms with van der Waals surface area (Å²) in [5.74, 6) is 1.44. The van der Waals surface area contributed by atoms with Gasteiger partial charge in [0.2, 0.25) is 0 Å². The van der Waals surface area contributed by atoms with Crippen molar-refractivity contribution in [2.24, 2.45) is 9.98 Å². The summed E-state index contributed by atoms with van der Waals surface area (Å²) in [4.78, 5) is 10.2. The zero-order chi connectivity index (χ0) is 37.0. The van der Waals surface area contributed by atoms with Crippen LogP contribution in [0, 0.1) is 0 Å². The Balaban J connectivity index is 0.935. The summed E-state index contributed by atoms with van der Waals surface area (Å²) >= 11 is 0. The first-order chi connectivity index (χ1) is 27.7. The molecule has 3 heterocycles. The Hall–Kier alpha value is -7.50. The number of hydrogen-bond acceptors (Lipinski definition) is 5. The number of fused-ring (bicyclic) bond motifs is 6. The summed E-state index contributed by atoms with van der Waals surface area (Å²) in [6, 6.07) is 65.2. The third kappa shape index (κ3) is 5.57. The number of nitrogens with zero attached hydrogens (tertiary/aromatic N) is 2. The molecule has 56 heavy (non-hydrogen) atoms. The van der Waals surface area contributed by atoms with Crippen molar-refractivity contribution in [2.75, 3.05) is 0 Å². The molecule has 11 rings (SSSR count). The van der Waals surface area contributed by atoms with Crippen LogP contribution in [0.5, 0.6) is 0 Å². The molecule has 5 heteroatoms. The number of aliphatic imine (C=N–C) groups is 2. The van der Waals surface area contributed by atoms with Gasteiger partial charge in [-0.3, -0.25) is 0 Å². The first-order valence-corrected chi connectivity index (χ1v) is 18.8. The molecule has 8 aromatic carbocycles. The normalized spacial score (nSPS) is 14.2. The minimum absolute atomic E-state index is 0.298. The molecule has 0 bridgehead atoms. The lowest BCUT2D eigenvalue weighted by atomic mass is 9.96. The van der Waals surface area contributed by atoms with Crippen molar-refractivity contribution in [1.29, 1.82) is 0 Å². The van der Waals surface area contributed by atoms with Gasteiger partial charge in [0.15, 0.2) is 5.84 Å². The van der Waals surface area contributed by atoms with Crippen LogP contribution in [-0.4, -0.2) is 11.7 Å². The van der Waals surface area contributed by atoms with Gasteiger partial charge in [0.1, 0.15) is 34.3 Å². The summed E-state index contributed by atoms with van der Waals surface area (Å²) in [5.41, 5.74) is 13.3. The lowest BCUT2D eigenvalue weighted by molar-refractivity contribution is 0.668. The van der Waals surface area contributed by atoms with Crippen LogP contribution in [0.4, 0.5) is 0 Å². The van der Waals surface area contributed by atoms with Gasteiger partial charge in [0, 0.05) is 32.7 Å². The molecule has 5 nitrogen and oxygen atoms in total. The molecule has 2 aromatic heterocycles. The number of hydrogen-bond donors (Lipinski definition) is 1. The molecular formula is C51H33N3O2. The number of amidine groups is 2. The molecule has 0 amide bonds. The largest absolute Gasteiger partial charge is 0.456 e. The van der Waals surface area contributed by atoms with Crippen LogP contribution in [0.1, 0.15) is 22.9 Å². The van der Waals surface area contributed by atoms with Gasteiger partial charge >= 0.3 is 0 Å². The van der Waals surface area contributed by atoms with Gasteiger partial charge in [-0.25, -0.2) is 9.98 Å². The molecule has 1 atom stereocenters. The number of nitrogens with one attached hydrogen (secondary N) is 1. The number of para-hydroxylation sites is 1. The fraction of sp³-hybridized carbons (Fsp3) is 0.0196. The van der Waals surface area contributed by atoms with Crippen LogP contribution in [0.2, 0.25) is 0 Å². The minimum atomic E-state index is -0.298. The maximum absolute atomic E-state index is 6.49. The van der Waals surface area contributed by atoms with Crippen molar-refractivity contribution in [2.45, 2.75) is 6.17 Å². The molecule has 264 valence electrons. The summed E-state index contributed by atoms with van der Waals surface area (Å²) in [7, 11) is 0. The highest BCUT2D eigenvalue weighted by Gasteiger charge is 2.22. The van der Waals surface area contributed by atoms with E-state index < -0.39 is 0 Å². The Bertz CT molecular complexity index is 3140. The predicted octanol–water partition coefficient (Wildman–Crippen LogP) is 13.0. The third-order valence-corrected chi connectivity index (χ3v) is 10.8. The van der Waals surface area contributed by atoms with E-state index >= 15 is 0 Å². The smallest absolute Gasteiger partial charge is 0.159 e. The molecule has 0 spiro atoms. The molecule has 0 aliphatic carbocycles. The van der Waals surface area contributed by atoms with Gasteiger partial charge in [0.05, 0.1) is 0 Å². The third-order valence-electron chi connectivity index (χ3n) is 10.8. The molecule has 0 radical (unpaired) electrons. The van der Waals surface area contributed by atoms with E-state index in [-0.39, 0.29) is 6.17 Å². The van der Waals surface area contributed by atoms with E-state index in [0.717, 1.165) is 88.7 Å². The molecule has 10 aromatic rings. The minimum Gasteiger partial charge on any atom is -0.456 e. The van der Waals surface area contributed by atoms with Crippen LogP contribution in [-0.2, 0) is 0 Å². The first kappa shape index (κ1) is 32.0. The van der Waals surface area contributed by atoms with E-state index in [1.54, 1.807) is 0 Å². The average Bonchev–Trinajstić information content (AvgIpc) is 3.85. The van der Waals surface area contributed by atoms with Gasteiger partial charge in [-0.1, -0.05) is 146 Å². The first-order valence-electron chi connectivity index (χ1n) is 18.8. The molecule has 0 saturated carbocycles. The summed E-state index contributed by atoms with van der Waals surface area (Å²) in [6.45, 7) is 0. The topological polar surface area (TPSA) is 63.0 Å². The van der Waals surface area contributed by atoms with E-state index in [1.807, 2.05) is 54.6 Å². The second kappa shape index (κ2) is 13.1. The van der Waals surface area contributed by atoms with Gasteiger partial charge in [-0.2, -0.15) is 0 Å². The number of rotatable bonds is 6. The Morgan fingerprint density at radius 1 is 0.393 bits per heavy atom. The maximum Gasteiger partial charge on any atom is 0.159 e.